The number of aliphatic carboxylic acids is 1. The monoisotopic (exact) mass is 516 g/mol. The third-order valence-corrected chi connectivity index (χ3v) is 5.33. The summed E-state index contributed by atoms with van der Waals surface area (Å²) in [7, 11) is 0. The van der Waals surface area contributed by atoms with Crippen molar-refractivity contribution >= 4 is 29.6 Å². The molecule has 0 fully saturated rings. The average Bonchev–Trinajstić information content (AvgIpc) is 2.84. The van der Waals surface area contributed by atoms with Crippen LogP contribution >= 0.6 is 0 Å². The molecule has 0 radical (unpaired) electrons. The molecule has 0 bridgehead atoms. The van der Waals surface area contributed by atoms with Crippen LogP contribution in [0, 0.1) is 0 Å². The summed E-state index contributed by atoms with van der Waals surface area (Å²) in [6, 6.07) is -2.70. The molecule has 0 aliphatic heterocycles. The molecule has 0 aromatic heterocycles. The number of carboxylic acid groups (broad SMARTS) is 1. The highest BCUT2D eigenvalue weighted by molar-refractivity contribution is 5.94. The number of carbonyl (C=O) groups excluding carboxylic acids is 4. The summed E-state index contributed by atoms with van der Waals surface area (Å²) in [5.41, 5.74) is 22.5. The summed E-state index contributed by atoms with van der Waals surface area (Å²) < 4.78 is 0. The van der Waals surface area contributed by atoms with E-state index in [1.54, 1.807) is 0 Å². The predicted molar refractivity (Wildman–Crippen MR) is 134 cm³/mol. The van der Waals surface area contributed by atoms with Crippen molar-refractivity contribution < 1.29 is 29.1 Å². The van der Waals surface area contributed by atoms with E-state index in [4.69, 9.17) is 28.0 Å². The molecule has 13 N–H and O–H groups in total. The van der Waals surface area contributed by atoms with Crippen LogP contribution in [0.3, 0.4) is 0 Å². The van der Waals surface area contributed by atoms with E-state index in [0.717, 1.165) is 6.42 Å². The first-order valence-electron chi connectivity index (χ1n) is 12.4. The molecule has 36 heavy (non-hydrogen) atoms. The van der Waals surface area contributed by atoms with Crippen molar-refractivity contribution in [2.75, 3.05) is 32.7 Å². The molecule has 3 atom stereocenters. The molecule has 4 amide bonds. The van der Waals surface area contributed by atoms with E-state index in [0.29, 0.717) is 64.6 Å². The van der Waals surface area contributed by atoms with Crippen molar-refractivity contribution in [2.45, 2.75) is 75.9 Å². The molecule has 0 aliphatic carbocycles. The number of carbonyl (C=O) groups is 5. The van der Waals surface area contributed by atoms with E-state index >= 15 is 0 Å². The molecule has 0 aromatic carbocycles. The van der Waals surface area contributed by atoms with E-state index in [2.05, 4.69) is 21.3 Å². The second-order valence-corrected chi connectivity index (χ2v) is 8.47. The van der Waals surface area contributed by atoms with Crippen molar-refractivity contribution in [3.63, 3.8) is 0 Å². The van der Waals surface area contributed by atoms with Crippen LogP contribution < -0.4 is 44.2 Å². The third-order valence-electron chi connectivity index (χ3n) is 5.33. The maximum absolute atomic E-state index is 13.1. The number of carboxylic acids is 1. The Labute approximate surface area is 212 Å². The summed E-state index contributed by atoms with van der Waals surface area (Å²) in [5.74, 6) is -3.55. The second-order valence-electron chi connectivity index (χ2n) is 8.47. The average molecular weight is 517 g/mol. The zero-order valence-corrected chi connectivity index (χ0v) is 20.9. The van der Waals surface area contributed by atoms with Gasteiger partial charge in [-0.05, 0) is 71.0 Å². The van der Waals surface area contributed by atoms with Crippen LogP contribution in [-0.4, -0.2) is 85.6 Å². The Kier molecular flexibility index (Phi) is 18.8. The fourth-order valence-electron chi connectivity index (χ4n) is 3.24. The zero-order valence-electron chi connectivity index (χ0n) is 20.9. The minimum absolute atomic E-state index is 0.258. The van der Waals surface area contributed by atoms with Crippen molar-refractivity contribution in [1.29, 1.82) is 0 Å². The lowest BCUT2D eigenvalue weighted by Crippen LogP contribution is -2.56. The van der Waals surface area contributed by atoms with Gasteiger partial charge >= 0.3 is 5.97 Å². The highest BCUT2D eigenvalue weighted by Gasteiger charge is 2.28. The number of nitrogens with one attached hydrogen (secondary N) is 4. The molecule has 0 aliphatic rings. The van der Waals surface area contributed by atoms with Gasteiger partial charge in [-0.15, -0.1) is 0 Å². The number of hydrogen-bond donors (Lipinski definition) is 9. The maximum atomic E-state index is 13.1. The normalized spacial score (nSPS) is 13.2. The lowest BCUT2D eigenvalue weighted by molar-refractivity contribution is -0.138. The van der Waals surface area contributed by atoms with E-state index in [1.165, 1.54) is 0 Å². The summed E-state index contributed by atoms with van der Waals surface area (Å²) in [4.78, 5) is 60.6. The van der Waals surface area contributed by atoms with Crippen molar-refractivity contribution in [2.24, 2.45) is 22.9 Å². The molecular formula is C22H44N8O6. The summed E-state index contributed by atoms with van der Waals surface area (Å²) in [5, 5.41) is 18.5. The Morgan fingerprint density at radius 1 is 0.611 bits per heavy atom. The first-order chi connectivity index (χ1) is 17.2. The summed E-state index contributed by atoms with van der Waals surface area (Å²) >= 11 is 0. The molecule has 0 saturated carbocycles. The lowest BCUT2D eigenvalue weighted by atomic mass is 10.0. The van der Waals surface area contributed by atoms with Gasteiger partial charge in [0.05, 0.1) is 12.6 Å². The van der Waals surface area contributed by atoms with E-state index in [-0.39, 0.29) is 6.42 Å². The molecule has 0 spiro atoms. The molecule has 14 nitrogen and oxygen atoms in total. The molecule has 0 heterocycles. The van der Waals surface area contributed by atoms with Crippen LogP contribution in [0.5, 0.6) is 0 Å². The molecule has 0 saturated heterocycles. The number of nitrogens with two attached hydrogens (primary N) is 4. The number of amides is 4. The van der Waals surface area contributed by atoms with Crippen LogP contribution in [-0.2, 0) is 24.0 Å². The number of rotatable bonds is 21. The lowest BCUT2D eigenvalue weighted by Gasteiger charge is -2.24. The Bertz CT molecular complexity index is 693. The third kappa shape index (κ3) is 16.0. The second kappa shape index (κ2) is 20.4. The van der Waals surface area contributed by atoms with Gasteiger partial charge in [-0.2, -0.15) is 0 Å². The van der Waals surface area contributed by atoms with E-state index < -0.39 is 60.8 Å². The maximum Gasteiger partial charge on any atom is 0.322 e. The van der Waals surface area contributed by atoms with Gasteiger partial charge in [0.15, 0.2) is 0 Å². The van der Waals surface area contributed by atoms with Gasteiger partial charge in [0.1, 0.15) is 18.6 Å². The van der Waals surface area contributed by atoms with Gasteiger partial charge in [0, 0.05) is 0 Å². The summed E-state index contributed by atoms with van der Waals surface area (Å²) in [6.45, 7) is 0.287. The van der Waals surface area contributed by atoms with Gasteiger partial charge in [-0.1, -0.05) is 6.42 Å². The molecule has 14 heteroatoms. The van der Waals surface area contributed by atoms with Gasteiger partial charge in [-0.3, -0.25) is 24.0 Å². The van der Waals surface area contributed by atoms with Crippen LogP contribution in [0.2, 0.25) is 0 Å². The predicted octanol–water partition coefficient (Wildman–Crippen LogP) is -3.01. The van der Waals surface area contributed by atoms with Crippen LogP contribution in [0.4, 0.5) is 0 Å². The molecular weight excluding hydrogens is 472 g/mol. The van der Waals surface area contributed by atoms with Crippen LogP contribution in [0.25, 0.3) is 0 Å². The van der Waals surface area contributed by atoms with Gasteiger partial charge in [0.2, 0.25) is 23.6 Å². The fourth-order valence-corrected chi connectivity index (χ4v) is 3.24. The quantitative estimate of drug-likeness (QED) is 0.0697. The first-order valence-corrected chi connectivity index (χ1v) is 12.4. The standard InChI is InChI=1S/C22H44N8O6/c23-10-4-1-7-15(26)20(34)29-17(9-3-6-12-25)22(36)30-16(8-2-5-11-24)21(35)28-13-18(31)27-14-19(32)33/h15-17H,1-14,23-26H2,(H,27,31)(H,28,35)(H,29,34)(H,30,36)(H,32,33)/t15-,16-,17-/m1/s1. The highest BCUT2D eigenvalue weighted by atomic mass is 16.4. The van der Waals surface area contributed by atoms with Crippen molar-refractivity contribution in [1.82, 2.24) is 21.3 Å². The largest absolute Gasteiger partial charge is 0.480 e. The topological polar surface area (TPSA) is 258 Å². The Balaban J connectivity index is 5.22. The number of hydrogen-bond acceptors (Lipinski definition) is 9. The van der Waals surface area contributed by atoms with Gasteiger partial charge < -0.3 is 49.3 Å². The first kappa shape index (κ1) is 33.2. The minimum atomic E-state index is -1.22. The highest BCUT2D eigenvalue weighted by Crippen LogP contribution is 2.07. The Hall–Kier alpha value is -2.81. The van der Waals surface area contributed by atoms with Crippen LogP contribution in [0.1, 0.15) is 57.8 Å². The molecule has 0 rings (SSSR count). The van der Waals surface area contributed by atoms with Gasteiger partial charge in [0.25, 0.3) is 0 Å². The SMILES string of the molecule is NCCCC[C@@H](N)C(=O)N[C@H](CCCCN)C(=O)N[C@H](CCCCN)C(=O)NCC(=O)NCC(=O)O. The number of unbranched alkanes of at least 4 members (excludes halogenated alkanes) is 3. The van der Waals surface area contributed by atoms with E-state index in [1.807, 2.05) is 0 Å². The van der Waals surface area contributed by atoms with Crippen molar-refractivity contribution in [3.05, 3.63) is 0 Å². The van der Waals surface area contributed by atoms with E-state index in [9.17, 15) is 24.0 Å². The molecule has 208 valence electrons. The molecule has 0 unspecified atom stereocenters. The minimum Gasteiger partial charge on any atom is -0.480 e. The van der Waals surface area contributed by atoms with Gasteiger partial charge in [-0.25, -0.2) is 0 Å². The van der Waals surface area contributed by atoms with Crippen molar-refractivity contribution in [3.8, 4) is 0 Å². The summed E-state index contributed by atoms with van der Waals surface area (Å²) in [6.07, 6.45) is 4.78. The zero-order chi connectivity index (χ0) is 27.3. The smallest absolute Gasteiger partial charge is 0.322 e. The van der Waals surface area contributed by atoms with Crippen LogP contribution in [0.15, 0.2) is 0 Å². The fraction of sp³-hybridized carbons (Fsp3) is 0.773. The Morgan fingerprint density at radius 3 is 1.58 bits per heavy atom. The Morgan fingerprint density at radius 2 is 1.08 bits per heavy atom. The molecule has 0 aromatic rings.